The number of rotatable bonds is 3. The lowest BCUT2D eigenvalue weighted by molar-refractivity contribution is 0.673. The van der Waals surface area contributed by atoms with Crippen molar-refractivity contribution in [2.24, 2.45) is 0 Å². The minimum Gasteiger partial charge on any atom is -0.455 e. The third kappa shape index (κ3) is 3.53. The summed E-state index contributed by atoms with van der Waals surface area (Å²) in [4.78, 5) is 10.6. The summed E-state index contributed by atoms with van der Waals surface area (Å²) in [5.74, 6) is 0.646. The average molecular weight is 594 g/mol. The van der Waals surface area contributed by atoms with E-state index in [-0.39, 0.29) is 0 Å². The van der Waals surface area contributed by atoms with Crippen LogP contribution in [0.5, 0.6) is 0 Å². The predicted molar refractivity (Wildman–Crippen MR) is 187 cm³/mol. The number of para-hydroxylation sites is 2. The van der Waals surface area contributed by atoms with Gasteiger partial charge in [0.05, 0.1) is 27.1 Å². The fourth-order valence-corrected chi connectivity index (χ4v) is 8.11. The lowest BCUT2D eigenvalue weighted by Crippen LogP contribution is -2.04. The van der Waals surface area contributed by atoms with E-state index in [4.69, 9.17) is 14.4 Å². The van der Waals surface area contributed by atoms with E-state index < -0.39 is 0 Å². The Labute approximate surface area is 261 Å². The Morgan fingerprint density at radius 3 is 1.87 bits per heavy atom. The highest BCUT2D eigenvalue weighted by Gasteiger charge is 2.26. The van der Waals surface area contributed by atoms with Gasteiger partial charge in [-0.05, 0) is 24.3 Å². The van der Waals surface area contributed by atoms with E-state index in [2.05, 4.69) is 126 Å². The molecule has 0 spiro atoms. The maximum atomic E-state index is 6.72. The molecule has 0 amide bonds. The molecular weight excluding hydrogens is 571 g/mol. The lowest BCUT2D eigenvalue weighted by Gasteiger charge is -2.12. The zero-order valence-corrected chi connectivity index (χ0v) is 24.8. The maximum absolute atomic E-state index is 6.72. The molecule has 0 saturated carbocycles. The van der Waals surface area contributed by atoms with Crippen LogP contribution in [-0.4, -0.2) is 14.5 Å². The Morgan fingerprint density at radius 2 is 1.13 bits per heavy atom. The van der Waals surface area contributed by atoms with Crippen molar-refractivity contribution in [3.05, 3.63) is 140 Å². The SMILES string of the molecule is c1ccc(-c2cc(-c3ccccc3)nc(-n3c4ccccc4c4c5c6ccccc6oc5c5c6ccccc6sc5c43)n2)cc1. The second-order valence-corrected chi connectivity index (χ2v) is 12.4. The highest BCUT2D eigenvalue weighted by Crippen LogP contribution is 2.50. The monoisotopic (exact) mass is 593 g/mol. The van der Waals surface area contributed by atoms with Gasteiger partial charge >= 0.3 is 0 Å². The van der Waals surface area contributed by atoms with Crippen LogP contribution >= 0.6 is 11.3 Å². The molecule has 0 aliphatic rings. The zero-order valence-electron chi connectivity index (χ0n) is 23.9. The number of benzene rings is 6. The molecule has 0 atom stereocenters. The minimum atomic E-state index is 0.646. The summed E-state index contributed by atoms with van der Waals surface area (Å²) in [5, 5.41) is 6.90. The van der Waals surface area contributed by atoms with Crippen molar-refractivity contribution in [1.29, 1.82) is 0 Å². The Kier molecular flexibility index (Phi) is 5.12. The third-order valence-corrected chi connectivity index (χ3v) is 9.99. The zero-order chi connectivity index (χ0) is 29.5. The molecular formula is C40H23N3OS. The Balaban J connectivity index is 1.45. The van der Waals surface area contributed by atoms with E-state index in [1.165, 1.54) is 20.2 Å². The Hall–Kier alpha value is -5.78. The quantitative estimate of drug-likeness (QED) is 0.205. The summed E-state index contributed by atoms with van der Waals surface area (Å²) in [6.07, 6.45) is 0. The molecule has 210 valence electrons. The van der Waals surface area contributed by atoms with Crippen molar-refractivity contribution < 1.29 is 4.42 Å². The van der Waals surface area contributed by atoms with E-state index in [9.17, 15) is 0 Å². The van der Waals surface area contributed by atoms with Crippen LogP contribution in [0, 0.1) is 0 Å². The summed E-state index contributed by atoms with van der Waals surface area (Å²) in [7, 11) is 0. The fraction of sp³-hybridized carbons (Fsp3) is 0. The van der Waals surface area contributed by atoms with Crippen molar-refractivity contribution in [2.75, 3.05) is 0 Å². The van der Waals surface area contributed by atoms with Gasteiger partial charge in [0.1, 0.15) is 11.2 Å². The van der Waals surface area contributed by atoms with Gasteiger partial charge in [-0.1, -0.05) is 115 Å². The number of fused-ring (bicyclic) bond motifs is 12. The third-order valence-electron chi connectivity index (χ3n) is 8.81. The fourth-order valence-electron chi connectivity index (χ4n) is 6.87. The first-order chi connectivity index (χ1) is 22.3. The number of hydrogen-bond donors (Lipinski definition) is 0. The van der Waals surface area contributed by atoms with Gasteiger partial charge in [-0.25, -0.2) is 9.97 Å². The highest BCUT2D eigenvalue weighted by molar-refractivity contribution is 7.27. The molecule has 0 aliphatic carbocycles. The Bertz CT molecular complexity index is 2700. The first-order valence-corrected chi connectivity index (χ1v) is 15.8. The molecule has 4 nitrogen and oxygen atoms in total. The van der Waals surface area contributed by atoms with E-state index >= 15 is 0 Å². The number of furan rings is 1. The summed E-state index contributed by atoms with van der Waals surface area (Å²) >= 11 is 1.80. The molecule has 0 fully saturated rings. The van der Waals surface area contributed by atoms with E-state index in [0.29, 0.717) is 5.95 Å². The van der Waals surface area contributed by atoms with Crippen LogP contribution < -0.4 is 0 Å². The van der Waals surface area contributed by atoms with Gasteiger partial charge in [-0.3, -0.25) is 4.57 Å². The molecule has 5 heteroatoms. The van der Waals surface area contributed by atoms with Gasteiger partial charge in [-0.15, -0.1) is 11.3 Å². The van der Waals surface area contributed by atoms with Gasteiger partial charge < -0.3 is 4.42 Å². The predicted octanol–water partition coefficient (Wildman–Crippen LogP) is 11.2. The van der Waals surface area contributed by atoms with Crippen molar-refractivity contribution >= 4 is 75.3 Å². The minimum absolute atomic E-state index is 0.646. The molecule has 10 rings (SSSR count). The molecule has 0 unspecified atom stereocenters. The number of nitrogens with zero attached hydrogens (tertiary/aromatic N) is 3. The van der Waals surface area contributed by atoms with Gasteiger partial charge in [0.2, 0.25) is 5.95 Å². The molecule has 10 aromatic rings. The van der Waals surface area contributed by atoms with Gasteiger partial charge in [0.25, 0.3) is 0 Å². The lowest BCUT2D eigenvalue weighted by atomic mass is 10.0. The number of hydrogen-bond acceptors (Lipinski definition) is 4. The molecule has 4 aromatic heterocycles. The normalized spacial score (nSPS) is 12.0. The van der Waals surface area contributed by atoms with Gasteiger partial charge in [0, 0.05) is 48.1 Å². The van der Waals surface area contributed by atoms with Crippen LogP contribution in [0.2, 0.25) is 0 Å². The second kappa shape index (κ2) is 9.36. The van der Waals surface area contributed by atoms with Crippen molar-refractivity contribution in [3.63, 3.8) is 0 Å². The molecule has 0 N–H and O–H groups in total. The number of aromatic nitrogens is 3. The van der Waals surface area contributed by atoms with Crippen LogP contribution in [-0.2, 0) is 0 Å². The first kappa shape index (κ1) is 24.6. The largest absolute Gasteiger partial charge is 0.455 e. The number of thiophene rings is 1. The van der Waals surface area contributed by atoms with Crippen LogP contribution in [0.1, 0.15) is 0 Å². The highest BCUT2D eigenvalue weighted by atomic mass is 32.1. The standard InChI is InChI=1S/C40H23N3OS/c1-3-13-24(14-4-1)29-23-30(25-15-5-2-6-16-25)42-40(41-29)43-31-20-10-7-17-26(31)34-35-27-18-8-11-21-32(27)44-38(35)36-28-19-9-12-22-33(28)45-39(36)37(34)43/h1-23H. The molecule has 0 saturated heterocycles. The van der Waals surface area contributed by atoms with E-state index in [0.717, 1.165) is 66.3 Å². The van der Waals surface area contributed by atoms with Crippen molar-refractivity contribution in [1.82, 2.24) is 14.5 Å². The summed E-state index contributed by atoms with van der Waals surface area (Å²) < 4.78 is 11.4. The molecule has 6 aromatic carbocycles. The van der Waals surface area contributed by atoms with Crippen LogP contribution in [0.25, 0.3) is 92.4 Å². The van der Waals surface area contributed by atoms with Crippen molar-refractivity contribution in [3.8, 4) is 28.5 Å². The average Bonchev–Trinajstić information content (AvgIpc) is 3.78. The molecule has 0 aliphatic heterocycles. The summed E-state index contributed by atoms with van der Waals surface area (Å²) in [5.41, 5.74) is 7.86. The molecule has 0 radical (unpaired) electrons. The molecule has 45 heavy (non-hydrogen) atoms. The Morgan fingerprint density at radius 1 is 0.533 bits per heavy atom. The smallest absolute Gasteiger partial charge is 0.235 e. The van der Waals surface area contributed by atoms with E-state index in [1.54, 1.807) is 11.3 Å². The topological polar surface area (TPSA) is 43.9 Å². The van der Waals surface area contributed by atoms with E-state index in [1.807, 2.05) is 18.2 Å². The molecule has 0 bridgehead atoms. The first-order valence-electron chi connectivity index (χ1n) is 15.0. The van der Waals surface area contributed by atoms with Gasteiger partial charge in [-0.2, -0.15) is 0 Å². The molecule has 4 heterocycles. The van der Waals surface area contributed by atoms with Crippen molar-refractivity contribution in [2.45, 2.75) is 0 Å². The van der Waals surface area contributed by atoms with Gasteiger partial charge in [0.15, 0.2) is 0 Å². The maximum Gasteiger partial charge on any atom is 0.235 e. The van der Waals surface area contributed by atoms with Crippen LogP contribution in [0.3, 0.4) is 0 Å². The summed E-state index contributed by atoms with van der Waals surface area (Å²) in [6, 6.07) is 48.5. The van der Waals surface area contributed by atoms with Crippen LogP contribution in [0.4, 0.5) is 0 Å². The summed E-state index contributed by atoms with van der Waals surface area (Å²) in [6.45, 7) is 0. The second-order valence-electron chi connectivity index (χ2n) is 11.4. The van der Waals surface area contributed by atoms with Crippen LogP contribution in [0.15, 0.2) is 144 Å².